The lowest BCUT2D eigenvalue weighted by molar-refractivity contribution is 0.102. The average Bonchev–Trinajstić information content (AvgIpc) is 3.18. The van der Waals surface area contributed by atoms with Crippen LogP contribution in [0.5, 0.6) is 11.5 Å². The van der Waals surface area contributed by atoms with E-state index in [4.69, 9.17) is 25.5 Å². The molecule has 2 heterocycles. The average molecular weight is 410 g/mol. The van der Waals surface area contributed by atoms with Gasteiger partial charge in [0.05, 0.1) is 24.8 Å². The topological polar surface area (TPSA) is 86.5 Å². The van der Waals surface area contributed by atoms with Crippen LogP contribution in [0.1, 0.15) is 10.4 Å². The van der Waals surface area contributed by atoms with Gasteiger partial charge in [-0.15, -0.1) is 0 Å². The molecule has 0 saturated heterocycles. The smallest absolute Gasteiger partial charge is 0.255 e. The molecule has 0 saturated carbocycles. The van der Waals surface area contributed by atoms with Gasteiger partial charge in [0.25, 0.3) is 5.91 Å². The Bertz CT molecular complexity index is 1150. The number of carbonyl (C=O) groups excluding carboxylic acids is 1. The van der Waals surface area contributed by atoms with Crippen molar-refractivity contribution in [3.8, 4) is 23.0 Å². The van der Waals surface area contributed by atoms with Crippen molar-refractivity contribution in [3.05, 3.63) is 65.3 Å². The number of nitrogens with zero attached hydrogens (tertiary/aromatic N) is 2. The van der Waals surface area contributed by atoms with Crippen LogP contribution in [0.2, 0.25) is 5.02 Å². The summed E-state index contributed by atoms with van der Waals surface area (Å²) in [6.45, 7) is 0. The van der Waals surface area contributed by atoms with Gasteiger partial charge in [-0.25, -0.2) is 4.98 Å². The van der Waals surface area contributed by atoms with Gasteiger partial charge >= 0.3 is 0 Å². The number of hydrogen-bond donors (Lipinski definition) is 1. The van der Waals surface area contributed by atoms with Gasteiger partial charge in [-0.3, -0.25) is 4.79 Å². The SMILES string of the molecule is COc1cc(OC)cc(C(=O)Nc2ccc(Cl)c(-c3nc4ncccc4o3)c2)c1. The molecule has 29 heavy (non-hydrogen) atoms. The first-order valence-corrected chi connectivity index (χ1v) is 9.01. The van der Waals surface area contributed by atoms with Gasteiger partial charge in [0.2, 0.25) is 5.89 Å². The second-order valence-corrected chi connectivity index (χ2v) is 6.50. The summed E-state index contributed by atoms with van der Waals surface area (Å²) in [7, 11) is 3.05. The van der Waals surface area contributed by atoms with E-state index in [1.807, 2.05) is 0 Å². The molecule has 0 aliphatic rings. The largest absolute Gasteiger partial charge is 0.497 e. The molecular formula is C21H16ClN3O4. The lowest BCUT2D eigenvalue weighted by Crippen LogP contribution is -2.12. The molecule has 0 atom stereocenters. The van der Waals surface area contributed by atoms with E-state index in [1.165, 1.54) is 14.2 Å². The molecule has 0 radical (unpaired) electrons. The number of benzene rings is 2. The zero-order valence-corrected chi connectivity index (χ0v) is 16.4. The molecule has 0 bridgehead atoms. The third kappa shape index (κ3) is 3.86. The molecule has 0 fully saturated rings. The van der Waals surface area contributed by atoms with Gasteiger partial charge in [-0.2, -0.15) is 4.98 Å². The van der Waals surface area contributed by atoms with Gasteiger partial charge in [0.1, 0.15) is 11.5 Å². The standard InChI is InChI=1S/C21H16ClN3O4/c1-27-14-8-12(9-15(11-14)28-2)20(26)24-13-5-6-17(22)16(10-13)21-25-19-18(29-21)4-3-7-23-19/h3-11H,1-2H3,(H,24,26). The van der Waals surface area contributed by atoms with Crippen molar-refractivity contribution in [3.63, 3.8) is 0 Å². The summed E-state index contributed by atoms with van der Waals surface area (Å²) < 4.78 is 16.2. The monoisotopic (exact) mass is 409 g/mol. The third-order valence-electron chi connectivity index (χ3n) is 4.23. The Morgan fingerprint density at radius 2 is 1.83 bits per heavy atom. The van der Waals surface area contributed by atoms with Gasteiger partial charge in [-0.05, 0) is 42.5 Å². The van der Waals surface area contributed by atoms with Crippen molar-refractivity contribution in [1.82, 2.24) is 9.97 Å². The first-order valence-electron chi connectivity index (χ1n) is 8.63. The molecule has 1 N–H and O–H groups in total. The number of pyridine rings is 1. The van der Waals surface area contributed by atoms with E-state index in [9.17, 15) is 4.79 Å². The quantitative estimate of drug-likeness (QED) is 0.509. The molecule has 0 aliphatic carbocycles. The minimum atomic E-state index is -0.324. The Balaban J connectivity index is 1.65. The number of carbonyl (C=O) groups is 1. The van der Waals surface area contributed by atoms with Crippen LogP contribution in [-0.4, -0.2) is 30.1 Å². The molecule has 4 aromatic rings. The number of halogens is 1. The van der Waals surface area contributed by atoms with Crippen LogP contribution in [0.25, 0.3) is 22.7 Å². The highest BCUT2D eigenvalue weighted by Gasteiger charge is 2.15. The number of ether oxygens (including phenoxy) is 2. The Hall–Kier alpha value is -3.58. The van der Waals surface area contributed by atoms with Crippen molar-refractivity contribution in [1.29, 1.82) is 0 Å². The number of hydrogen-bond acceptors (Lipinski definition) is 6. The van der Waals surface area contributed by atoms with Gasteiger partial charge in [0.15, 0.2) is 11.2 Å². The van der Waals surface area contributed by atoms with E-state index in [0.717, 1.165) is 0 Å². The zero-order valence-electron chi connectivity index (χ0n) is 15.6. The van der Waals surface area contributed by atoms with E-state index < -0.39 is 0 Å². The molecular weight excluding hydrogens is 394 g/mol. The van der Waals surface area contributed by atoms with Crippen LogP contribution in [0.4, 0.5) is 5.69 Å². The second-order valence-electron chi connectivity index (χ2n) is 6.09. The number of anilines is 1. The molecule has 2 aromatic carbocycles. The van der Waals surface area contributed by atoms with E-state index >= 15 is 0 Å². The summed E-state index contributed by atoms with van der Waals surface area (Å²) in [6, 6.07) is 13.5. The Labute approximate surface area is 171 Å². The maximum atomic E-state index is 12.7. The first kappa shape index (κ1) is 18.8. The summed E-state index contributed by atoms with van der Waals surface area (Å²) >= 11 is 6.32. The molecule has 2 aromatic heterocycles. The van der Waals surface area contributed by atoms with E-state index in [0.29, 0.717) is 50.5 Å². The third-order valence-corrected chi connectivity index (χ3v) is 4.56. The van der Waals surface area contributed by atoms with Crippen LogP contribution >= 0.6 is 11.6 Å². The molecule has 0 aliphatic heterocycles. The van der Waals surface area contributed by atoms with E-state index in [-0.39, 0.29) is 5.91 Å². The lowest BCUT2D eigenvalue weighted by Gasteiger charge is -2.10. The number of aromatic nitrogens is 2. The fourth-order valence-corrected chi connectivity index (χ4v) is 2.99. The fourth-order valence-electron chi connectivity index (χ4n) is 2.79. The molecule has 146 valence electrons. The van der Waals surface area contributed by atoms with Crippen molar-refractivity contribution in [2.45, 2.75) is 0 Å². The minimum absolute atomic E-state index is 0.322. The molecule has 8 heteroatoms. The molecule has 0 unspecified atom stereocenters. The molecule has 7 nitrogen and oxygen atoms in total. The van der Waals surface area contributed by atoms with Crippen molar-refractivity contribution in [2.24, 2.45) is 0 Å². The summed E-state index contributed by atoms with van der Waals surface area (Å²) in [5, 5.41) is 3.28. The highest BCUT2D eigenvalue weighted by Crippen LogP contribution is 2.32. The number of oxazole rings is 1. The summed E-state index contributed by atoms with van der Waals surface area (Å²) in [4.78, 5) is 21.2. The predicted molar refractivity (Wildman–Crippen MR) is 110 cm³/mol. The van der Waals surface area contributed by atoms with Crippen molar-refractivity contribution < 1.29 is 18.7 Å². The Kier molecular flexibility index (Phi) is 5.05. The van der Waals surface area contributed by atoms with E-state index in [1.54, 1.807) is 54.7 Å². The molecule has 4 rings (SSSR count). The normalized spacial score (nSPS) is 10.7. The Morgan fingerprint density at radius 3 is 2.52 bits per heavy atom. The van der Waals surface area contributed by atoms with Crippen LogP contribution in [0, 0.1) is 0 Å². The van der Waals surface area contributed by atoms with Gasteiger partial charge < -0.3 is 19.2 Å². The second kappa shape index (κ2) is 7.81. The van der Waals surface area contributed by atoms with Crippen LogP contribution in [0.3, 0.4) is 0 Å². The predicted octanol–water partition coefficient (Wildman–Crippen LogP) is 4.81. The number of fused-ring (bicyclic) bond motifs is 1. The highest BCUT2D eigenvalue weighted by atomic mass is 35.5. The van der Waals surface area contributed by atoms with Crippen molar-refractivity contribution in [2.75, 3.05) is 19.5 Å². The minimum Gasteiger partial charge on any atom is -0.497 e. The molecule has 0 spiro atoms. The number of rotatable bonds is 5. The summed E-state index contributed by atoms with van der Waals surface area (Å²) in [6.07, 6.45) is 1.63. The van der Waals surface area contributed by atoms with Crippen LogP contribution in [0.15, 0.2) is 59.1 Å². The van der Waals surface area contributed by atoms with Crippen LogP contribution < -0.4 is 14.8 Å². The maximum Gasteiger partial charge on any atom is 0.255 e. The maximum absolute atomic E-state index is 12.7. The Morgan fingerprint density at radius 1 is 1.07 bits per heavy atom. The highest BCUT2D eigenvalue weighted by molar-refractivity contribution is 6.33. The molecule has 1 amide bonds. The van der Waals surface area contributed by atoms with Gasteiger partial charge in [0, 0.05) is 23.5 Å². The number of amides is 1. The van der Waals surface area contributed by atoms with E-state index in [2.05, 4.69) is 15.3 Å². The van der Waals surface area contributed by atoms with Crippen LogP contribution in [-0.2, 0) is 0 Å². The number of nitrogens with one attached hydrogen (secondary N) is 1. The van der Waals surface area contributed by atoms with Gasteiger partial charge in [-0.1, -0.05) is 11.6 Å². The summed E-state index contributed by atoms with van der Waals surface area (Å²) in [5.74, 6) is 1.04. The fraction of sp³-hybridized carbons (Fsp3) is 0.0952. The first-order chi connectivity index (χ1) is 14.1. The number of methoxy groups -OCH3 is 2. The lowest BCUT2D eigenvalue weighted by atomic mass is 10.1. The zero-order chi connectivity index (χ0) is 20.4. The van der Waals surface area contributed by atoms with Crippen molar-refractivity contribution >= 4 is 34.4 Å². The summed E-state index contributed by atoms with van der Waals surface area (Å²) in [5.41, 5.74) is 2.51.